The van der Waals surface area contributed by atoms with Gasteiger partial charge in [-0.2, -0.15) is 0 Å². The van der Waals surface area contributed by atoms with E-state index in [0.717, 1.165) is 6.07 Å². The molecular weight excluding hydrogens is 301 g/mol. The summed E-state index contributed by atoms with van der Waals surface area (Å²) in [6.07, 6.45) is 1.23. The van der Waals surface area contributed by atoms with Gasteiger partial charge in [0.15, 0.2) is 6.61 Å². The number of carboxylic acids is 1. The summed E-state index contributed by atoms with van der Waals surface area (Å²) in [5.41, 5.74) is 0. The van der Waals surface area contributed by atoms with Crippen LogP contribution in [0.2, 0.25) is 5.02 Å². The number of rotatable bonds is 4. The molecule has 0 radical (unpaired) electrons. The molecule has 1 atom stereocenters. The van der Waals surface area contributed by atoms with Crippen LogP contribution in [0.25, 0.3) is 0 Å². The molecule has 114 valence electrons. The van der Waals surface area contributed by atoms with Gasteiger partial charge in [0.2, 0.25) is 0 Å². The molecule has 1 saturated heterocycles. The maximum absolute atomic E-state index is 13.0. The van der Waals surface area contributed by atoms with E-state index in [1.807, 2.05) is 0 Å². The van der Waals surface area contributed by atoms with Crippen LogP contribution in [0.15, 0.2) is 18.2 Å². The number of carbonyl (C=O) groups is 2. The Balaban J connectivity index is 1.89. The molecule has 1 amide bonds. The summed E-state index contributed by atoms with van der Waals surface area (Å²) in [6.45, 7) is 0.492. The lowest BCUT2D eigenvalue weighted by Crippen LogP contribution is -2.44. The second kappa shape index (κ2) is 6.76. The zero-order chi connectivity index (χ0) is 15.4. The molecule has 1 aromatic rings. The number of hydrogen-bond acceptors (Lipinski definition) is 3. The number of hydrogen-bond donors (Lipinski definition) is 1. The molecule has 0 spiro atoms. The third-order valence-corrected chi connectivity index (χ3v) is 3.67. The van der Waals surface area contributed by atoms with Gasteiger partial charge in [0, 0.05) is 19.2 Å². The van der Waals surface area contributed by atoms with Crippen LogP contribution < -0.4 is 4.74 Å². The maximum Gasteiger partial charge on any atom is 0.308 e. The highest BCUT2D eigenvalue weighted by Gasteiger charge is 2.28. The van der Waals surface area contributed by atoms with Crippen LogP contribution in [0.3, 0.4) is 0 Å². The molecule has 0 bridgehead atoms. The summed E-state index contributed by atoms with van der Waals surface area (Å²) in [5, 5.41) is 8.90. The van der Waals surface area contributed by atoms with E-state index in [1.54, 1.807) is 0 Å². The van der Waals surface area contributed by atoms with Crippen LogP contribution in [0, 0.1) is 11.7 Å². The van der Waals surface area contributed by atoms with Gasteiger partial charge in [-0.1, -0.05) is 11.6 Å². The van der Waals surface area contributed by atoms with Gasteiger partial charge in [-0.3, -0.25) is 9.59 Å². The Kier molecular flexibility index (Phi) is 5.01. The predicted octanol–water partition coefficient (Wildman–Crippen LogP) is 2.18. The monoisotopic (exact) mass is 315 g/mol. The highest BCUT2D eigenvalue weighted by molar-refractivity contribution is 6.30. The topological polar surface area (TPSA) is 66.8 Å². The van der Waals surface area contributed by atoms with Gasteiger partial charge in [-0.25, -0.2) is 4.39 Å². The van der Waals surface area contributed by atoms with Gasteiger partial charge in [0.1, 0.15) is 11.6 Å². The Morgan fingerprint density at radius 1 is 1.48 bits per heavy atom. The highest BCUT2D eigenvalue weighted by Crippen LogP contribution is 2.21. The van der Waals surface area contributed by atoms with Gasteiger partial charge < -0.3 is 14.7 Å². The van der Waals surface area contributed by atoms with Crippen molar-refractivity contribution in [2.24, 2.45) is 5.92 Å². The molecule has 1 aromatic carbocycles. The first kappa shape index (κ1) is 15.6. The second-order valence-electron chi connectivity index (χ2n) is 4.88. The molecule has 1 unspecified atom stereocenters. The largest absolute Gasteiger partial charge is 0.484 e. The zero-order valence-corrected chi connectivity index (χ0v) is 12.0. The van der Waals surface area contributed by atoms with Crippen molar-refractivity contribution in [2.45, 2.75) is 12.8 Å². The Labute approximate surface area is 126 Å². The molecule has 1 aliphatic heterocycles. The third-order valence-electron chi connectivity index (χ3n) is 3.38. The van der Waals surface area contributed by atoms with Crippen LogP contribution in [0.1, 0.15) is 12.8 Å². The van der Waals surface area contributed by atoms with Crippen molar-refractivity contribution in [3.63, 3.8) is 0 Å². The quantitative estimate of drug-likeness (QED) is 0.925. The smallest absolute Gasteiger partial charge is 0.308 e. The van der Waals surface area contributed by atoms with Crippen molar-refractivity contribution in [3.05, 3.63) is 29.0 Å². The van der Waals surface area contributed by atoms with Gasteiger partial charge in [0.25, 0.3) is 5.91 Å². The Bertz CT molecular complexity index is 552. The number of carbonyl (C=O) groups excluding carboxylic acids is 1. The standard InChI is InChI=1S/C14H15ClFNO4/c15-11-6-10(3-4-12(11)16)21-8-13(18)17-5-1-2-9(7-17)14(19)20/h3-4,6,9H,1-2,5,7-8H2,(H,19,20). The number of amides is 1. The molecule has 2 rings (SSSR count). The van der Waals surface area contributed by atoms with Crippen molar-refractivity contribution in [3.8, 4) is 5.75 Å². The van der Waals surface area contributed by atoms with Crippen molar-refractivity contribution in [1.29, 1.82) is 0 Å². The van der Waals surface area contributed by atoms with Crippen LogP contribution >= 0.6 is 11.6 Å². The molecule has 5 nitrogen and oxygen atoms in total. The highest BCUT2D eigenvalue weighted by atomic mass is 35.5. The van der Waals surface area contributed by atoms with Gasteiger partial charge in [0.05, 0.1) is 10.9 Å². The molecule has 1 N–H and O–H groups in total. The summed E-state index contributed by atoms with van der Waals surface area (Å²) in [5.74, 6) is -1.97. The molecule has 0 aliphatic carbocycles. The molecule has 21 heavy (non-hydrogen) atoms. The second-order valence-corrected chi connectivity index (χ2v) is 5.29. The number of halogens is 2. The van der Waals surface area contributed by atoms with Gasteiger partial charge >= 0.3 is 5.97 Å². The van der Waals surface area contributed by atoms with E-state index in [0.29, 0.717) is 25.1 Å². The van der Waals surface area contributed by atoms with E-state index in [1.165, 1.54) is 17.0 Å². The average Bonchev–Trinajstić information content (AvgIpc) is 2.48. The van der Waals surface area contributed by atoms with Crippen molar-refractivity contribution in [2.75, 3.05) is 19.7 Å². The van der Waals surface area contributed by atoms with E-state index < -0.39 is 17.7 Å². The molecule has 1 heterocycles. The van der Waals surface area contributed by atoms with E-state index in [9.17, 15) is 14.0 Å². The number of piperidine rings is 1. The van der Waals surface area contributed by atoms with Crippen molar-refractivity contribution >= 4 is 23.5 Å². The Morgan fingerprint density at radius 3 is 2.90 bits per heavy atom. The summed E-state index contributed by atoms with van der Waals surface area (Å²) in [6, 6.07) is 3.83. The predicted molar refractivity (Wildman–Crippen MR) is 73.8 cm³/mol. The Hall–Kier alpha value is -1.82. The lowest BCUT2D eigenvalue weighted by Gasteiger charge is -2.30. The summed E-state index contributed by atoms with van der Waals surface area (Å²) >= 11 is 5.62. The van der Waals surface area contributed by atoms with Crippen LogP contribution in [-0.4, -0.2) is 41.6 Å². The lowest BCUT2D eigenvalue weighted by atomic mass is 9.98. The first-order chi connectivity index (χ1) is 9.97. The van der Waals surface area contributed by atoms with Crippen molar-refractivity contribution < 1.29 is 23.8 Å². The maximum atomic E-state index is 13.0. The van der Waals surface area contributed by atoms with E-state index in [4.69, 9.17) is 21.4 Å². The van der Waals surface area contributed by atoms with E-state index in [-0.39, 0.29) is 24.1 Å². The fraction of sp³-hybridized carbons (Fsp3) is 0.429. The van der Waals surface area contributed by atoms with E-state index in [2.05, 4.69) is 0 Å². The molecular formula is C14H15ClFNO4. The number of likely N-dealkylation sites (tertiary alicyclic amines) is 1. The summed E-state index contributed by atoms with van der Waals surface area (Å²) in [7, 11) is 0. The zero-order valence-electron chi connectivity index (χ0n) is 11.2. The molecule has 7 heteroatoms. The van der Waals surface area contributed by atoms with Gasteiger partial charge in [-0.05, 0) is 25.0 Å². The fourth-order valence-corrected chi connectivity index (χ4v) is 2.38. The molecule has 0 saturated carbocycles. The van der Waals surface area contributed by atoms with Gasteiger partial charge in [-0.15, -0.1) is 0 Å². The number of carboxylic acid groups (broad SMARTS) is 1. The SMILES string of the molecule is O=C(O)C1CCCN(C(=O)COc2ccc(F)c(Cl)c2)C1. The first-order valence-corrected chi connectivity index (χ1v) is 6.93. The van der Waals surface area contributed by atoms with Crippen molar-refractivity contribution in [1.82, 2.24) is 4.90 Å². The minimum atomic E-state index is -0.890. The molecule has 1 fully saturated rings. The number of benzene rings is 1. The average molecular weight is 316 g/mol. The molecule has 0 aromatic heterocycles. The van der Waals surface area contributed by atoms with Crippen LogP contribution in [0.4, 0.5) is 4.39 Å². The number of ether oxygens (including phenoxy) is 1. The van der Waals surface area contributed by atoms with Crippen LogP contribution in [0.5, 0.6) is 5.75 Å². The minimum absolute atomic E-state index is 0.0798. The number of aliphatic carboxylic acids is 1. The summed E-state index contributed by atoms with van der Waals surface area (Å²) in [4.78, 5) is 24.4. The first-order valence-electron chi connectivity index (χ1n) is 6.56. The number of nitrogens with zero attached hydrogens (tertiary/aromatic N) is 1. The minimum Gasteiger partial charge on any atom is -0.484 e. The lowest BCUT2D eigenvalue weighted by molar-refractivity contribution is -0.146. The normalized spacial score (nSPS) is 18.4. The Morgan fingerprint density at radius 2 is 2.24 bits per heavy atom. The van der Waals surface area contributed by atoms with Crippen LogP contribution in [-0.2, 0) is 9.59 Å². The summed E-state index contributed by atoms with van der Waals surface area (Å²) < 4.78 is 18.3. The molecule has 1 aliphatic rings. The third kappa shape index (κ3) is 4.07. The van der Waals surface area contributed by atoms with E-state index >= 15 is 0 Å². The fourth-order valence-electron chi connectivity index (χ4n) is 2.21.